The molecule has 4 aromatic rings. The van der Waals surface area contributed by atoms with Crippen LogP contribution < -0.4 is 11.2 Å². The fourth-order valence-corrected chi connectivity index (χ4v) is 3.86. The van der Waals surface area contributed by atoms with Crippen LogP contribution in [-0.4, -0.2) is 25.8 Å². The monoisotopic (exact) mass is 416 g/mol. The summed E-state index contributed by atoms with van der Waals surface area (Å²) in [5.74, 6) is 6.56. The lowest BCUT2D eigenvalue weighted by atomic mass is 10.1. The summed E-state index contributed by atoms with van der Waals surface area (Å²) in [5.41, 5.74) is 3.45. The quantitative estimate of drug-likeness (QED) is 0.366. The number of nitrogens with two attached hydrogens (primary N) is 1. The molecule has 0 aliphatic carbocycles. The van der Waals surface area contributed by atoms with E-state index in [1.165, 1.54) is 16.4 Å². The van der Waals surface area contributed by atoms with Gasteiger partial charge in [0.25, 0.3) is 0 Å². The topological polar surface area (TPSA) is 98.7 Å². The van der Waals surface area contributed by atoms with Crippen LogP contribution in [-0.2, 0) is 4.79 Å². The Bertz CT molecular complexity index is 1130. The summed E-state index contributed by atoms with van der Waals surface area (Å²) in [6, 6.07) is 20.9. The zero-order valence-corrected chi connectivity index (χ0v) is 17.1. The molecule has 2 aromatic carbocycles. The minimum Gasteiger partial charge on any atom is -0.335 e. The first kappa shape index (κ1) is 19.7. The number of thioether (sulfide) groups is 1. The highest BCUT2D eigenvalue weighted by molar-refractivity contribution is 8.00. The molecule has 0 radical (unpaired) electrons. The van der Waals surface area contributed by atoms with Crippen LogP contribution in [0.4, 0.5) is 5.69 Å². The second-order valence-electron chi connectivity index (χ2n) is 6.68. The van der Waals surface area contributed by atoms with Crippen LogP contribution >= 0.6 is 11.8 Å². The van der Waals surface area contributed by atoms with E-state index in [9.17, 15) is 4.79 Å². The minimum atomic E-state index is -0.555. The molecule has 1 unspecified atom stereocenters. The molecule has 0 saturated heterocycles. The summed E-state index contributed by atoms with van der Waals surface area (Å²) in [6.07, 6.45) is 3.35. The lowest BCUT2D eigenvalue weighted by Crippen LogP contribution is -2.20. The SMILES string of the molecule is Cc1ccc(NC(=O)C(Sc2nnc(-c3cccnc3)n2N)c2ccccc2)cc1. The first-order valence-corrected chi connectivity index (χ1v) is 10.2. The van der Waals surface area contributed by atoms with Crippen LogP contribution in [0.15, 0.2) is 84.3 Å². The molecule has 1 amide bonds. The summed E-state index contributed by atoms with van der Waals surface area (Å²) >= 11 is 1.25. The molecule has 2 heterocycles. The molecule has 0 aliphatic rings. The maximum Gasteiger partial charge on any atom is 0.242 e. The molecule has 3 N–H and O–H groups in total. The molecule has 0 fully saturated rings. The lowest BCUT2D eigenvalue weighted by Gasteiger charge is -2.16. The van der Waals surface area contributed by atoms with Crippen molar-refractivity contribution in [3.8, 4) is 11.4 Å². The molecule has 150 valence electrons. The second kappa shape index (κ2) is 8.79. The van der Waals surface area contributed by atoms with E-state index in [4.69, 9.17) is 5.84 Å². The number of hydrogen-bond donors (Lipinski definition) is 2. The van der Waals surface area contributed by atoms with Crippen molar-refractivity contribution < 1.29 is 4.79 Å². The highest BCUT2D eigenvalue weighted by Crippen LogP contribution is 2.36. The number of aromatic nitrogens is 4. The van der Waals surface area contributed by atoms with Crippen LogP contribution in [0.2, 0.25) is 0 Å². The zero-order valence-electron chi connectivity index (χ0n) is 16.3. The number of rotatable bonds is 6. The van der Waals surface area contributed by atoms with Crippen molar-refractivity contribution in [3.63, 3.8) is 0 Å². The van der Waals surface area contributed by atoms with E-state index in [0.717, 1.165) is 22.4 Å². The number of pyridine rings is 1. The van der Waals surface area contributed by atoms with Crippen LogP contribution in [0.3, 0.4) is 0 Å². The summed E-state index contributed by atoms with van der Waals surface area (Å²) in [7, 11) is 0. The van der Waals surface area contributed by atoms with E-state index in [2.05, 4.69) is 20.5 Å². The molecular formula is C22H20N6OS. The Balaban J connectivity index is 1.62. The molecule has 30 heavy (non-hydrogen) atoms. The molecular weight excluding hydrogens is 396 g/mol. The van der Waals surface area contributed by atoms with Gasteiger partial charge in [-0.1, -0.05) is 59.8 Å². The predicted octanol–water partition coefficient (Wildman–Crippen LogP) is 3.83. The van der Waals surface area contributed by atoms with Gasteiger partial charge in [0, 0.05) is 23.6 Å². The third kappa shape index (κ3) is 4.33. The van der Waals surface area contributed by atoms with Crippen molar-refractivity contribution in [3.05, 3.63) is 90.3 Å². The predicted molar refractivity (Wildman–Crippen MR) is 118 cm³/mol. The number of aryl methyl sites for hydroxylation is 1. The van der Waals surface area contributed by atoms with E-state index in [0.29, 0.717) is 11.0 Å². The van der Waals surface area contributed by atoms with Crippen LogP contribution in [0.25, 0.3) is 11.4 Å². The largest absolute Gasteiger partial charge is 0.335 e. The van der Waals surface area contributed by atoms with Gasteiger partial charge in [-0.05, 0) is 36.8 Å². The Morgan fingerprint density at radius 2 is 1.80 bits per heavy atom. The van der Waals surface area contributed by atoms with Gasteiger partial charge in [-0.15, -0.1) is 10.2 Å². The standard InChI is InChI=1S/C22H20N6OS/c1-15-9-11-18(12-10-15)25-21(29)19(16-6-3-2-4-7-16)30-22-27-26-20(28(22)23)17-8-5-13-24-14-17/h2-14,19H,23H2,1H3,(H,25,29). The van der Waals surface area contributed by atoms with Gasteiger partial charge in [-0.3, -0.25) is 9.78 Å². The fourth-order valence-electron chi connectivity index (χ4n) is 2.90. The van der Waals surface area contributed by atoms with E-state index in [-0.39, 0.29) is 5.91 Å². The van der Waals surface area contributed by atoms with Gasteiger partial charge in [-0.25, -0.2) is 4.68 Å². The first-order valence-electron chi connectivity index (χ1n) is 9.32. The van der Waals surface area contributed by atoms with Crippen molar-refractivity contribution in [1.82, 2.24) is 19.9 Å². The molecule has 7 nitrogen and oxygen atoms in total. The van der Waals surface area contributed by atoms with Crippen LogP contribution in [0.1, 0.15) is 16.4 Å². The first-order chi connectivity index (χ1) is 14.6. The summed E-state index contributed by atoms with van der Waals surface area (Å²) in [5, 5.41) is 11.2. The third-order valence-corrected chi connectivity index (χ3v) is 5.68. The normalized spacial score (nSPS) is 11.8. The molecule has 0 saturated carbocycles. The number of anilines is 1. The van der Waals surface area contributed by atoms with Gasteiger partial charge < -0.3 is 11.2 Å². The van der Waals surface area contributed by atoms with Gasteiger partial charge in [0.2, 0.25) is 11.1 Å². The van der Waals surface area contributed by atoms with Crippen molar-refractivity contribution in [1.29, 1.82) is 0 Å². The second-order valence-corrected chi connectivity index (χ2v) is 7.75. The Morgan fingerprint density at radius 3 is 2.50 bits per heavy atom. The molecule has 0 spiro atoms. The number of amides is 1. The van der Waals surface area contributed by atoms with Crippen LogP contribution in [0, 0.1) is 6.92 Å². The van der Waals surface area contributed by atoms with E-state index in [1.54, 1.807) is 18.5 Å². The van der Waals surface area contributed by atoms with Gasteiger partial charge in [0.05, 0.1) is 0 Å². The smallest absolute Gasteiger partial charge is 0.242 e. The van der Waals surface area contributed by atoms with E-state index in [1.807, 2.05) is 67.6 Å². The average Bonchev–Trinajstić information content (AvgIpc) is 3.15. The Morgan fingerprint density at radius 1 is 1.03 bits per heavy atom. The number of carbonyl (C=O) groups excluding carboxylic acids is 1. The molecule has 8 heteroatoms. The number of nitrogen functional groups attached to an aromatic ring is 1. The Kier molecular flexibility index (Phi) is 5.76. The molecule has 2 aromatic heterocycles. The van der Waals surface area contributed by atoms with Gasteiger partial charge in [0.1, 0.15) is 5.25 Å². The number of hydrogen-bond acceptors (Lipinski definition) is 6. The number of benzene rings is 2. The third-order valence-electron chi connectivity index (χ3n) is 4.47. The van der Waals surface area contributed by atoms with Crippen molar-refractivity contribution >= 4 is 23.4 Å². The summed E-state index contributed by atoms with van der Waals surface area (Å²) in [4.78, 5) is 17.2. The maximum atomic E-state index is 13.2. The summed E-state index contributed by atoms with van der Waals surface area (Å²) < 4.78 is 1.39. The number of carbonyl (C=O) groups is 1. The zero-order chi connectivity index (χ0) is 20.9. The van der Waals surface area contributed by atoms with Crippen molar-refractivity contribution in [2.24, 2.45) is 0 Å². The number of nitrogens with zero attached hydrogens (tertiary/aromatic N) is 4. The molecule has 1 atom stereocenters. The minimum absolute atomic E-state index is 0.166. The summed E-state index contributed by atoms with van der Waals surface area (Å²) in [6.45, 7) is 2.00. The van der Waals surface area contributed by atoms with E-state index < -0.39 is 5.25 Å². The fraction of sp³-hybridized carbons (Fsp3) is 0.0909. The average molecular weight is 417 g/mol. The molecule has 0 aliphatic heterocycles. The Hall–Kier alpha value is -3.65. The van der Waals surface area contributed by atoms with Gasteiger partial charge in [-0.2, -0.15) is 0 Å². The number of nitrogens with one attached hydrogen (secondary N) is 1. The van der Waals surface area contributed by atoms with Crippen molar-refractivity contribution in [2.45, 2.75) is 17.3 Å². The van der Waals surface area contributed by atoms with Gasteiger partial charge in [0.15, 0.2) is 5.82 Å². The van der Waals surface area contributed by atoms with Crippen LogP contribution in [0.5, 0.6) is 0 Å². The highest BCUT2D eigenvalue weighted by atomic mass is 32.2. The highest BCUT2D eigenvalue weighted by Gasteiger charge is 2.25. The van der Waals surface area contributed by atoms with E-state index >= 15 is 0 Å². The van der Waals surface area contributed by atoms with Gasteiger partial charge >= 0.3 is 0 Å². The lowest BCUT2D eigenvalue weighted by molar-refractivity contribution is -0.115. The van der Waals surface area contributed by atoms with Crippen molar-refractivity contribution in [2.75, 3.05) is 11.2 Å². The Labute approximate surface area is 178 Å². The molecule has 4 rings (SSSR count). The molecule has 0 bridgehead atoms. The maximum absolute atomic E-state index is 13.2.